The molecule has 2 fully saturated rings. The van der Waals surface area contributed by atoms with Crippen LogP contribution in [0.5, 0.6) is 0 Å². The van der Waals surface area contributed by atoms with Crippen molar-refractivity contribution in [1.29, 1.82) is 0 Å². The van der Waals surface area contributed by atoms with E-state index in [2.05, 4.69) is 52.3 Å². The molecule has 2 saturated heterocycles. The van der Waals surface area contributed by atoms with Crippen LogP contribution in [-0.4, -0.2) is 46.9 Å². The third kappa shape index (κ3) is 2.75. The van der Waals surface area contributed by atoms with Crippen molar-refractivity contribution in [3.8, 4) is 0 Å². The summed E-state index contributed by atoms with van der Waals surface area (Å²) in [7, 11) is 0. The van der Waals surface area contributed by atoms with Crippen LogP contribution in [0.15, 0.2) is 36.7 Å². The molecule has 4 heteroatoms. The molecule has 22 heavy (non-hydrogen) atoms. The maximum atomic E-state index is 4.36. The number of fused-ring (bicyclic) bond motifs is 1. The molecule has 0 saturated carbocycles. The number of piperazine rings is 1. The Bertz CT molecular complexity index is 631. The van der Waals surface area contributed by atoms with Crippen LogP contribution < -0.4 is 4.90 Å². The van der Waals surface area contributed by atoms with Gasteiger partial charge < -0.3 is 4.90 Å². The Morgan fingerprint density at radius 3 is 2.77 bits per heavy atom. The lowest BCUT2D eigenvalue weighted by atomic mass is 10.1. The second-order valence-electron chi connectivity index (χ2n) is 6.66. The predicted molar refractivity (Wildman–Crippen MR) is 89.3 cm³/mol. The number of hydrogen-bond acceptors (Lipinski definition) is 3. The Kier molecular flexibility index (Phi) is 3.62. The van der Waals surface area contributed by atoms with E-state index in [0.717, 1.165) is 19.1 Å². The molecule has 0 radical (unpaired) electrons. The van der Waals surface area contributed by atoms with Crippen molar-refractivity contribution >= 4 is 5.69 Å². The molecule has 0 N–H and O–H groups in total. The molecule has 1 atom stereocenters. The molecular formula is C18H24N4. The Balaban J connectivity index is 1.43. The first-order valence-electron chi connectivity index (χ1n) is 8.35. The number of aromatic nitrogens is 2. The maximum Gasteiger partial charge on any atom is 0.0659 e. The second kappa shape index (κ2) is 5.76. The molecule has 1 unspecified atom stereocenters. The van der Waals surface area contributed by atoms with Crippen molar-refractivity contribution in [3.05, 3.63) is 47.8 Å². The summed E-state index contributed by atoms with van der Waals surface area (Å²) < 4.78 is 2.00. The van der Waals surface area contributed by atoms with Crippen LogP contribution in [0.2, 0.25) is 0 Å². The van der Waals surface area contributed by atoms with Crippen molar-refractivity contribution in [2.45, 2.75) is 32.4 Å². The summed E-state index contributed by atoms with van der Waals surface area (Å²) in [6.07, 6.45) is 6.75. The maximum absolute atomic E-state index is 4.36. The summed E-state index contributed by atoms with van der Waals surface area (Å²) in [4.78, 5) is 5.21. The monoisotopic (exact) mass is 296 g/mol. The van der Waals surface area contributed by atoms with Gasteiger partial charge >= 0.3 is 0 Å². The van der Waals surface area contributed by atoms with Gasteiger partial charge in [0, 0.05) is 37.6 Å². The van der Waals surface area contributed by atoms with Crippen LogP contribution in [0.4, 0.5) is 5.69 Å². The summed E-state index contributed by atoms with van der Waals surface area (Å²) in [6.45, 7) is 7.81. The Morgan fingerprint density at radius 1 is 1.14 bits per heavy atom. The zero-order valence-corrected chi connectivity index (χ0v) is 13.3. The largest absolute Gasteiger partial charge is 0.369 e. The molecule has 116 valence electrons. The van der Waals surface area contributed by atoms with Gasteiger partial charge in [-0.2, -0.15) is 5.10 Å². The van der Waals surface area contributed by atoms with E-state index in [1.807, 2.05) is 10.9 Å². The van der Waals surface area contributed by atoms with Crippen molar-refractivity contribution in [2.24, 2.45) is 0 Å². The van der Waals surface area contributed by atoms with Gasteiger partial charge in [0.1, 0.15) is 0 Å². The number of benzene rings is 1. The lowest BCUT2D eigenvalue weighted by Crippen LogP contribution is -2.50. The van der Waals surface area contributed by atoms with Gasteiger partial charge in [-0.1, -0.05) is 12.1 Å². The van der Waals surface area contributed by atoms with Crippen LogP contribution in [0.25, 0.3) is 0 Å². The fraction of sp³-hybridized carbons (Fsp3) is 0.500. The van der Waals surface area contributed by atoms with Gasteiger partial charge in [-0.3, -0.25) is 9.58 Å². The highest BCUT2D eigenvalue weighted by Gasteiger charge is 2.30. The first-order valence-corrected chi connectivity index (χ1v) is 8.35. The number of hydrogen-bond donors (Lipinski definition) is 0. The molecule has 4 nitrogen and oxygen atoms in total. The van der Waals surface area contributed by atoms with E-state index in [0.29, 0.717) is 0 Å². The van der Waals surface area contributed by atoms with Crippen molar-refractivity contribution in [2.75, 3.05) is 31.1 Å². The Hall–Kier alpha value is -1.81. The molecule has 2 aromatic rings. The molecule has 4 rings (SSSR count). The van der Waals surface area contributed by atoms with E-state index >= 15 is 0 Å². The smallest absolute Gasteiger partial charge is 0.0659 e. The fourth-order valence-electron chi connectivity index (χ4n) is 3.78. The van der Waals surface area contributed by atoms with Gasteiger partial charge in [0.2, 0.25) is 0 Å². The van der Waals surface area contributed by atoms with Crippen LogP contribution in [0, 0.1) is 6.92 Å². The van der Waals surface area contributed by atoms with Crippen LogP contribution in [0.3, 0.4) is 0 Å². The highest BCUT2D eigenvalue weighted by Crippen LogP contribution is 2.25. The zero-order valence-electron chi connectivity index (χ0n) is 13.3. The number of rotatable bonds is 3. The van der Waals surface area contributed by atoms with Gasteiger partial charge in [0.05, 0.1) is 12.7 Å². The molecule has 0 amide bonds. The van der Waals surface area contributed by atoms with Crippen molar-refractivity contribution in [1.82, 2.24) is 14.7 Å². The molecule has 0 aliphatic carbocycles. The number of anilines is 1. The third-order valence-electron chi connectivity index (χ3n) is 5.00. The summed E-state index contributed by atoms with van der Waals surface area (Å²) in [5.41, 5.74) is 3.89. The minimum Gasteiger partial charge on any atom is -0.369 e. The van der Waals surface area contributed by atoms with E-state index in [1.165, 1.54) is 49.3 Å². The minimum absolute atomic E-state index is 0.778. The molecule has 2 aliphatic rings. The van der Waals surface area contributed by atoms with Gasteiger partial charge in [0.25, 0.3) is 0 Å². The molecule has 0 spiro atoms. The first-order chi connectivity index (χ1) is 10.8. The topological polar surface area (TPSA) is 24.3 Å². The second-order valence-corrected chi connectivity index (χ2v) is 6.66. The number of nitrogens with zero attached hydrogens (tertiary/aromatic N) is 4. The summed E-state index contributed by atoms with van der Waals surface area (Å²) in [5, 5.41) is 4.36. The summed E-state index contributed by atoms with van der Waals surface area (Å²) >= 11 is 0. The summed E-state index contributed by atoms with van der Waals surface area (Å²) in [6, 6.07) is 9.81. The van der Waals surface area contributed by atoms with E-state index in [-0.39, 0.29) is 0 Å². The average Bonchev–Trinajstić information content (AvgIpc) is 3.16. The highest BCUT2D eigenvalue weighted by atomic mass is 15.3. The SMILES string of the molecule is Cc1cnn(Cc2ccc(N3CCN4CCCC4C3)cc2)c1. The van der Waals surface area contributed by atoms with Crippen molar-refractivity contribution in [3.63, 3.8) is 0 Å². The van der Waals surface area contributed by atoms with Gasteiger partial charge in [-0.05, 0) is 49.6 Å². The van der Waals surface area contributed by atoms with Gasteiger partial charge in [-0.15, -0.1) is 0 Å². The molecule has 2 aliphatic heterocycles. The standard InChI is InChI=1S/C18H24N4/c1-15-11-19-22(12-15)13-16-4-6-17(7-5-16)21-10-9-20-8-2-3-18(20)14-21/h4-7,11-12,18H,2-3,8-10,13-14H2,1H3. The van der Waals surface area contributed by atoms with E-state index in [4.69, 9.17) is 0 Å². The van der Waals surface area contributed by atoms with E-state index < -0.39 is 0 Å². The molecule has 0 bridgehead atoms. The van der Waals surface area contributed by atoms with Crippen molar-refractivity contribution < 1.29 is 0 Å². The summed E-state index contributed by atoms with van der Waals surface area (Å²) in [5.74, 6) is 0. The zero-order chi connectivity index (χ0) is 14.9. The van der Waals surface area contributed by atoms with Gasteiger partial charge in [0.15, 0.2) is 0 Å². The molecule has 3 heterocycles. The Morgan fingerprint density at radius 2 is 2.00 bits per heavy atom. The average molecular weight is 296 g/mol. The molecular weight excluding hydrogens is 272 g/mol. The third-order valence-corrected chi connectivity index (χ3v) is 5.00. The van der Waals surface area contributed by atoms with Crippen LogP contribution in [-0.2, 0) is 6.54 Å². The van der Waals surface area contributed by atoms with Crippen LogP contribution in [0.1, 0.15) is 24.0 Å². The normalized spacial score (nSPS) is 22.0. The quantitative estimate of drug-likeness (QED) is 0.870. The van der Waals surface area contributed by atoms with E-state index in [1.54, 1.807) is 0 Å². The first kappa shape index (κ1) is 13.8. The predicted octanol–water partition coefficient (Wildman–Crippen LogP) is 2.52. The number of aryl methyl sites for hydroxylation is 1. The minimum atomic E-state index is 0.778. The van der Waals surface area contributed by atoms with E-state index in [9.17, 15) is 0 Å². The lowest BCUT2D eigenvalue weighted by molar-refractivity contribution is 0.231. The van der Waals surface area contributed by atoms with Crippen LogP contribution >= 0.6 is 0 Å². The van der Waals surface area contributed by atoms with Gasteiger partial charge in [-0.25, -0.2) is 0 Å². The fourth-order valence-corrected chi connectivity index (χ4v) is 3.78. The lowest BCUT2D eigenvalue weighted by Gasteiger charge is -2.38. The Labute approximate surface area is 132 Å². The highest BCUT2D eigenvalue weighted by molar-refractivity contribution is 5.48. The molecule has 1 aromatic carbocycles. The molecule has 1 aromatic heterocycles.